The summed E-state index contributed by atoms with van der Waals surface area (Å²) in [6.07, 6.45) is 3.12. The molecular formula is C18H21N3O6. The van der Waals surface area contributed by atoms with Gasteiger partial charge in [-0.1, -0.05) is 0 Å². The molecule has 1 aromatic rings. The maximum atomic E-state index is 12.2. The van der Waals surface area contributed by atoms with Crippen molar-refractivity contribution in [3.05, 3.63) is 35.5 Å². The van der Waals surface area contributed by atoms with E-state index in [4.69, 9.17) is 9.84 Å². The van der Waals surface area contributed by atoms with Crippen LogP contribution in [0.4, 0.5) is 11.4 Å². The van der Waals surface area contributed by atoms with Crippen molar-refractivity contribution in [3.8, 4) is 0 Å². The normalized spacial score (nSPS) is 19.4. The summed E-state index contributed by atoms with van der Waals surface area (Å²) in [6, 6.07) is 4.62. The van der Waals surface area contributed by atoms with Crippen LogP contribution in [0.25, 0.3) is 0 Å². The molecule has 0 radical (unpaired) electrons. The van der Waals surface area contributed by atoms with Crippen molar-refractivity contribution in [3.63, 3.8) is 0 Å². The molecule has 1 unspecified atom stereocenters. The molecule has 2 heterocycles. The van der Waals surface area contributed by atoms with Gasteiger partial charge in [-0.05, 0) is 31.0 Å². The van der Waals surface area contributed by atoms with Gasteiger partial charge >= 0.3 is 5.97 Å². The Kier molecular flexibility index (Phi) is 5.72. The Morgan fingerprint density at radius 1 is 1.33 bits per heavy atom. The van der Waals surface area contributed by atoms with Crippen molar-refractivity contribution in [1.29, 1.82) is 0 Å². The Morgan fingerprint density at radius 3 is 2.81 bits per heavy atom. The first-order valence-electron chi connectivity index (χ1n) is 8.68. The molecule has 1 aromatic carbocycles. The molecule has 9 heteroatoms. The second-order valence-electron chi connectivity index (χ2n) is 6.28. The second-order valence-corrected chi connectivity index (χ2v) is 6.28. The summed E-state index contributed by atoms with van der Waals surface area (Å²) in [4.78, 5) is 36.4. The molecule has 144 valence electrons. The van der Waals surface area contributed by atoms with Gasteiger partial charge in [0, 0.05) is 30.6 Å². The van der Waals surface area contributed by atoms with E-state index in [1.54, 1.807) is 12.1 Å². The van der Waals surface area contributed by atoms with Gasteiger partial charge in [0.25, 0.3) is 11.8 Å². The third-order valence-electron chi connectivity index (χ3n) is 4.41. The first-order valence-corrected chi connectivity index (χ1v) is 8.68. The number of anilines is 2. The summed E-state index contributed by atoms with van der Waals surface area (Å²) >= 11 is 0. The van der Waals surface area contributed by atoms with Gasteiger partial charge in [-0.25, -0.2) is 4.79 Å². The molecule has 3 rings (SSSR count). The van der Waals surface area contributed by atoms with Crippen molar-refractivity contribution >= 4 is 29.2 Å². The summed E-state index contributed by atoms with van der Waals surface area (Å²) in [6.45, 7) is 0.816. The Labute approximate surface area is 155 Å². The lowest BCUT2D eigenvalue weighted by Gasteiger charge is -2.16. The van der Waals surface area contributed by atoms with E-state index in [-0.39, 0.29) is 30.5 Å². The third kappa shape index (κ3) is 4.26. The van der Waals surface area contributed by atoms with Crippen molar-refractivity contribution in [1.82, 2.24) is 4.90 Å². The average molecular weight is 375 g/mol. The van der Waals surface area contributed by atoms with Crippen LogP contribution in [0.1, 0.15) is 23.2 Å². The van der Waals surface area contributed by atoms with E-state index in [9.17, 15) is 19.5 Å². The molecule has 1 fully saturated rings. The number of rotatable bonds is 8. The van der Waals surface area contributed by atoms with Crippen molar-refractivity contribution in [2.45, 2.75) is 18.9 Å². The molecular weight excluding hydrogens is 354 g/mol. The number of imide groups is 1. The minimum Gasteiger partial charge on any atom is -0.478 e. The summed E-state index contributed by atoms with van der Waals surface area (Å²) in [5, 5.41) is 24.3. The van der Waals surface area contributed by atoms with E-state index < -0.39 is 17.8 Å². The number of nitrogens with one attached hydrogen (secondary N) is 2. The highest BCUT2D eigenvalue weighted by molar-refractivity contribution is 6.17. The lowest BCUT2D eigenvalue weighted by Crippen LogP contribution is -2.34. The molecule has 0 aliphatic carbocycles. The Hall–Kier alpha value is -2.91. The van der Waals surface area contributed by atoms with Crippen LogP contribution >= 0.6 is 0 Å². The smallest absolute Gasteiger partial charge is 0.337 e. The van der Waals surface area contributed by atoms with Crippen LogP contribution in [-0.4, -0.2) is 65.3 Å². The number of hydrogen-bond acceptors (Lipinski definition) is 7. The van der Waals surface area contributed by atoms with Crippen LogP contribution in [0.5, 0.6) is 0 Å². The molecule has 1 atom stereocenters. The lowest BCUT2D eigenvalue weighted by molar-refractivity contribution is -0.137. The monoisotopic (exact) mass is 375 g/mol. The standard InChI is InChI=1S/C18H21N3O6/c22-6-5-21-16(23)9-15(17(21)24)20-11-3-4-14(13(8-11)18(25)26)19-10-12-2-1-7-27-12/h3-4,8-9,12,19-20,22H,1-2,5-7,10H2,(H,25,26). The molecule has 9 nitrogen and oxygen atoms in total. The van der Waals surface area contributed by atoms with Gasteiger partial charge in [0.2, 0.25) is 0 Å². The fourth-order valence-electron chi connectivity index (χ4n) is 3.05. The molecule has 2 aliphatic heterocycles. The number of carboxylic acid groups (broad SMARTS) is 1. The molecule has 0 bridgehead atoms. The Bertz CT molecular complexity index is 785. The minimum absolute atomic E-state index is 0.0323. The number of hydrogen-bond donors (Lipinski definition) is 4. The largest absolute Gasteiger partial charge is 0.478 e. The molecule has 0 saturated carbocycles. The molecule has 1 saturated heterocycles. The fraction of sp³-hybridized carbons (Fsp3) is 0.389. The molecule has 0 aromatic heterocycles. The van der Waals surface area contributed by atoms with Crippen molar-refractivity contribution < 1.29 is 29.3 Å². The lowest BCUT2D eigenvalue weighted by atomic mass is 10.1. The number of carbonyl (C=O) groups excluding carboxylic acids is 2. The van der Waals surface area contributed by atoms with E-state index in [1.807, 2.05) is 0 Å². The average Bonchev–Trinajstić information content (AvgIpc) is 3.25. The first kappa shape index (κ1) is 18.9. The van der Waals surface area contributed by atoms with Gasteiger partial charge in [0.05, 0.1) is 24.8 Å². The van der Waals surface area contributed by atoms with Crippen molar-refractivity contribution in [2.75, 3.05) is 36.9 Å². The summed E-state index contributed by atoms with van der Waals surface area (Å²) < 4.78 is 5.52. The van der Waals surface area contributed by atoms with Gasteiger partial charge < -0.3 is 25.6 Å². The number of aliphatic hydroxyl groups excluding tert-OH is 1. The number of aromatic carboxylic acids is 1. The molecule has 0 spiro atoms. The number of amides is 2. The van der Waals surface area contributed by atoms with Crippen LogP contribution in [0.15, 0.2) is 30.0 Å². The molecule has 2 aliphatic rings. The highest BCUT2D eigenvalue weighted by atomic mass is 16.5. The number of aliphatic hydroxyl groups is 1. The van der Waals surface area contributed by atoms with E-state index in [0.717, 1.165) is 30.4 Å². The fourth-order valence-corrected chi connectivity index (χ4v) is 3.05. The summed E-state index contributed by atoms with van der Waals surface area (Å²) in [5.74, 6) is -2.20. The maximum absolute atomic E-state index is 12.2. The number of benzene rings is 1. The van der Waals surface area contributed by atoms with Crippen LogP contribution in [0, 0.1) is 0 Å². The topological polar surface area (TPSA) is 128 Å². The van der Waals surface area contributed by atoms with E-state index in [2.05, 4.69) is 10.6 Å². The second kappa shape index (κ2) is 8.19. The van der Waals surface area contributed by atoms with E-state index in [1.165, 1.54) is 6.07 Å². The van der Waals surface area contributed by atoms with Gasteiger partial charge in [0.15, 0.2) is 0 Å². The van der Waals surface area contributed by atoms with Crippen LogP contribution in [0.2, 0.25) is 0 Å². The van der Waals surface area contributed by atoms with Gasteiger partial charge in [-0.2, -0.15) is 0 Å². The SMILES string of the molecule is O=C(O)c1cc(NC2=CC(=O)N(CCO)C2=O)ccc1NCC1CCCO1. The predicted molar refractivity (Wildman–Crippen MR) is 96.4 cm³/mol. The van der Waals surface area contributed by atoms with E-state index >= 15 is 0 Å². The van der Waals surface area contributed by atoms with Gasteiger partial charge in [-0.15, -0.1) is 0 Å². The number of ether oxygens (including phenoxy) is 1. The van der Waals surface area contributed by atoms with Gasteiger partial charge in [0.1, 0.15) is 5.70 Å². The number of nitrogens with zero attached hydrogens (tertiary/aromatic N) is 1. The third-order valence-corrected chi connectivity index (χ3v) is 4.41. The quantitative estimate of drug-likeness (QED) is 0.487. The summed E-state index contributed by atoms with van der Waals surface area (Å²) in [7, 11) is 0. The van der Waals surface area contributed by atoms with Crippen LogP contribution in [0.3, 0.4) is 0 Å². The highest BCUT2D eigenvalue weighted by Gasteiger charge is 2.30. The summed E-state index contributed by atoms with van der Waals surface area (Å²) in [5.41, 5.74) is 0.897. The zero-order valence-electron chi connectivity index (χ0n) is 14.6. The minimum atomic E-state index is -1.11. The zero-order chi connectivity index (χ0) is 19.4. The number of carboxylic acids is 1. The zero-order valence-corrected chi connectivity index (χ0v) is 14.6. The predicted octanol–water partition coefficient (Wildman–Crippen LogP) is 0.633. The highest BCUT2D eigenvalue weighted by Crippen LogP contribution is 2.24. The molecule has 4 N–H and O–H groups in total. The van der Waals surface area contributed by atoms with Crippen LogP contribution in [-0.2, 0) is 14.3 Å². The maximum Gasteiger partial charge on any atom is 0.337 e. The van der Waals surface area contributed by atoms with E-state index in [0.29, 0.717) is 17.9 Å². The van der Waals surface area contributed by atoms with Crippen molar-refractivity contribution in [2.24, 2.45) is 0 Å². The molecule has 27 heavy (non-hydrogen) atoms. The Morgan fingerprint density at radius 2 is 2.15 bits per heavy atom. The Balaban J connectivity index is 1.72. The first-order chi connectivity index (χ1) is 13.0. The number of β-amino-alcohol motifs (C(OH)–C–C–N with tert-alkyl or cyclic N) is 1. The number of carbonyl (C=O) groups is 3. The van der Waals surface area contributed by atoms with Gasteiger partial charge in [-0.3, -0.25) is 14.5 Å². The molecule has 2 amide bonds. The van der Waals surface area contributed by atoms with Crippen LogP contribution < -0.4 is 10.6 Å².